The van der Waals surface area contributed by atoms with Gasteiger partial charge in [0, 0.05) is 32.4 Å². The second-order valence-electron chi connectivity index (χ2n) is 5.70. The zero-order valence-electron chi connectivity index (χ0n) is 13.3. The van der Waals surface area contributed by atoms with Crippen LogP contribution in [0.1, 0.15) is 16.2 Å². The Morgan fingerprint density at radius 1 is 1.13 bits per heavy atom. The molecule has 1 fully saturated rings. The summed E-state index contributed by atoms with van der Waals surface area (Å²) in [4.78, 5) is 25.1. The molecule has 2 aromatic rings. The topological polar surface area (TPSA) is 61.4 Å². The number of carbonyl (C=O) groups excluding carboxylic acids is 1. The SMILES string of the molecule is CN1CCN(C(=O)c2ccc(NCc3ccccn3)cn2)CC1. The van der Waals surface area contributed by atoms with E-state index < -0.39 is 0 Å². The number of anilines is 1. The monoisotopic (exact) mass is 311 g/mol. The van der Waals surface area contributed by atoms with Crippen molar-refractivity contribution in [2.24, 2.45) is 0 Å². The van der Waals surface area contributed by atoms with E-state index in [9.17, 15) is 4.79 Å². The lowest BCUT2D eigenvalue weighted by Crippen LogP contribution is -2.47. The van der Waals surface area contributed by atoms with Gasteiger partial charge in [-0.3, -0.25) is 9.78 Å². The smallest absolute Gasteiger partial charge is 0.272 e. The highest BCUT2D eigenvalue weighted by Crippen LogP contribution is 2.11. The van der Waals surface area contributed by atoms with E-state index in [0.717, 1.165) is 37.6 Å². The summed E-state index contributed by atoms with van der Waals surface area (Å²) in [7, 11) is 2.07. The average molecular weight is 311 g/mol. The number of hydrogen-bond acceptors (Lipinski definition) is 5. The van der Waals surface area contributed by atoms with Gasteiger partial charge in [0.2, 0.25) is 0 Å². The zero-order chi connectivity index (χ0) is 16.1. The first-order valence-electron chi connectivity index (χ1n) is 7.80. The molecule has 3 heterocycles. The van der Waals surface area contributed by atoms with Gasteiger partial charge in [0.05, 0.1) is 24.1 Å². The van der Waals surface area contributed by atoms with Crippen LogP contribution in [0.5, 0.6) is 0 Å². The molecule has 0 saturated carbocycles. The van der Waals surface area contributed by atoms with Crippen LogP contribution in [0.3, 0.4) is 0 Å². The Hall–Kier alpha value is -2.47. The maximum Gasteiger partial charge on any atom is 0.272 e. The summed E-state index contributed by atoms with van der Waals surface area (Å²) in [5.41, 5.74) is 2.34. The van der Waals surface area contributed by atoms with Crippen molar-refractivity contribution < 1.29 is 4.79 Å². The third-order valence-electron chi connectivity index (χ3n) is 3.97. The highest BCUT2D eigenvalue weighted by Gasteiger charge is 2.21. The standard InChI is InChI=1S/C17H21N5O/c1-21-8-10-22(11-9-21)17(23)16-6-5-15(13-20-16)19-12-14-4-2-3-7-18-14/h2-7,13,19H,8-12H2,1H3. The number of aromatic nitrogens is 2. The molecular formula is C17H21N5O. The van der Waals surface area contributed by atoms with Crippen molar-refractivity contribution in [2.75, 3.05) is 38.5 Å². The lowest BCUT2D eigenvalue weighted by molar-refractivity contribution is 0.0658. The Morgan fingerprint density at radius 3 is 2.61 bits per heavy atom. The summed E-state index contributed by atoms with van der Waals surface area (Å²) in [6, 6.07) is 9.48. The Balaban J connectivity index is 1.57. The second-order valence-corrected chi connectivity index (χ2v) is 5.70. The van der Waals surface area contributed by atoms with E-state index in [4.69, 9.17) is 0 Å². The number of nitrogens with zero attached hydrogens (tertiary/aromatic N) is 4. The number of nitrogens with one attached hydrogen (secondary N) is 1. The molecule has 1 amide bonds. The molecule has 1 saturated heterocycles. The van der Waals surface area contributed by atoms with E-state index >= 15 is 0 Å². The van der Waals surface area contributed by atoms with Crippen molar-refractivity contribution in [1.29, 1.82) is 0 Å². The van der Waals surface area contributed by atoms with E-state index in [1.807, 2.05) is 29.2 Å². The number of amides is 1. The largest absolute Gasteiger partial charge is 0.378 e. The molecule has 0 aliphatic carbocycles. The molecule has 0 bridgehead atoms. The summed E-state index contributed by atoms with van der Waals surface area (Å²) in [5.74, 6) is 0.00868. The van der Waals surface area contributed by atoms with Crippen molar-refractivity contribution in [1.82, 2.24) is 19.8 Å². The predicted octanol–water partition coefficient (Wildman–Crippen LogP) is 1.48. The fourth-order valence-corrected chi connectivity index (χ4v) is 2.49. The molecule has 6 nitrogen and oxygen atoms in total. The first-order valence-corrected chi connectivity index (χ1v) is 7.80. The lowest BCUT2D eigenvalue weighted by Gasteiger charge is -2.32. The van der Waals surface area contributed by atoms with Crippen LogP contribution in [0.25, 0.3) is 0 Å². The van der Waals surface area contributed by atoms with Crippen LogP contribution < -0.4 is 5.32 Å². The second kappa shape index (κ2) is 7.19. The molecule has 0 spiro atoms. The van der Waals surface area contributed by atoms with E-state index in [0.29, 0.717) is 12.2 Å². The van der Waals surface area contributed by atoms with Gasteiger partial charge in [-0.1, -0.05) is 6.07 Å². The molecule has 0 unspecified atom stereocenters. The molecule has 23 heavy (non-hydrogen) atoms. The van der Waals surface area contributed by atoms with Gasteiger partial charge < -0.3 is 15.1 Å². The maximum atomic E-state index is 12.4. The van der Waals surface area contributed by atoms with E-state index in [-0.39, 0.29) is 5.91 Å². The summed E-state index contributed by atoms with van der Waals surface area (Å²) >= 11 is 0. The minimum absolute atomic E-state index is 0.00868. The van der Waals surface area contributed by atoms with E-state index in [2.05, 4.69) is 27.2 Å². The van der Waals surface area contributed by atoms with Crippen molar-refractivity contribution in [3.8, 4) is 0 Å². The molecule has 0 atom stereocenters. The first-order chi connectivity index (χ1) is 11.2. The summed E-state index contributed by atoms with van der Waals surface area (Å²) < 4.78 is 0. The van der Waals surface area contributed by atoms with Gasteiger partial charge in [0.15, 0.2) is 0 Å². The quantitative estimate of drug-likeness (QED) is 0.926. The molecule has 1 aliphatic heterocycles. The average Bonchev–Trinajstić information content (AvgIpc) is 2.61. The molecule has 0 radical (unpaired) electrons. The van der Waals surface area contributed by atoms with Gasteiger partial charge in [-0.25, -0.2) is 4.98 Å². The third-order valence-corrected chi connectivity index (χ3v) is 3.97. The third kappa shape index (κ3) is 4.04. The Morgan fingerprint density at radius 2 is 1.96 bits per heavy atom. The van der Waals surface area contributed by atoms with Gasteiger partial charge in [-0.15, -0.1) is 0 Å². The van der Waals surface area contributed by atoms with Crippen LogP contribution in [-0.4, -0.2) is 58.9 Å². The Bertz CT molecular complexity index is 636. The van der Waals surface area contributed by atoms with Crippen molar-refractivity contribution in [2.45, 2.75) is 6.54 Å². The van der Waals surface area contributed by atoms with Crippen molar-refractivity contribution in [3.05, 3.63) is 54.1 Å². The molecule has 6 heteroatoms. The summed E-state index contributed by atoms with van der Waals surface area (Å²) in [6.45, 7) is 3.98. The van der Waals surface area contributed by atoms with E-state index in [1.54, 1.807) is 18.5 Å². The van der Waals surface area contributed by atoms with Gasteiger partial charge in [0.1, 0.15) is 5.69 Å². The minimum atomic E-state index is 0.00868. The molecule has 1 N–H and O–H groups in total. The summed E-state index contributed by atoms with van der Waals surface area (Å²) in [6.07, 6.45) is 3.47. The maximum absolute atomic E-state index is 12.4. The van der Waals surface area contributed by atoms with Crippen LogP contribution in [-0.2, 0) is 6.54 Å². The van der Waals surface area contributed by atoms with Crippen LogP contribution in [0.4, 0.5) is 5.69 Å². The van der Waals surface area contributed by atoms with E-state index in [1.165, 1.54) is 0 Å². The molecule has 120 valence electrons. The number of pyridine rings is 2. The zero-order valence-corrected chi connectivity index (χ0v) is 13.3. The van der Waals surface area contributed by atoms with Crippen LogP contribution in [0.15, 0.2) is 42.7 Å². The van der Waals surface area contributed by atoms with Crippen LogP contribution in [0, 0.1) is 0 Å². The Labute approximate surface area is 136 Å². The van der Waals surface area contributed by atoms with Gasteiger partial charge >= 0.3 is 0 Å². The molecule has 2 aromatic heterocycles. The first kappa shape index (κ1) is 15.4. The highest BCUT2D eigenvalue weighted by molar-refractivity contribution is 5.92. The molecule has 0 aromatic carbocycles. The number of rotatable bonds is 4. The fraction of sp³-hybridized carbons (Fsp3) is 0.353. The molecule has 3 rings (SSSR count). The predicted molar refractivity (Wildman–Crippen MR) is 89.2 cm³/mol. The summed E-state index contributed by atoms with van der Waals surface area (Å²) in [5, 5.41) is 3.26. The highest BCUT2D eigenvalue weighted by atomic mass is 16.2. The van der Waals surface area contributed by atoms with Gasteiger partial charge in [0.25, 0.3) is 5.91 Å². The van der Waals surface area contributed by atoms with Gasteiger partial charge in [-0.05, 0) is 31.3 Å². The van der Waals surface area contributed by atoms with Crippen LogP contribution >= 0.6 is 0 Å². The fourth-order valence-electron chi connectivity index (χ4n) is 2.49. The molecule has 1 aliphatic rings. The number of piperazine rings is 1. The van der Waals surface area contributed by atoms with Crippen LogP contribution in [0.2, 0.25) is 0 Å². The minimum Gasteiger partial charge on any atom is -0.378 e. The number of hydrogen-bond donors (Lipinski definition) is 1. The lowest BCUT2D eigenvalue weighted by atomic mass is 10.2. The number of carbonyl (C=O) groups is 1. The normalized spacial score (nSPS) is 15.4. The Kier molecular flexibility index (Phi) is 4.83. The molecular weight excluding hydrogens is 290 g/mol. The van der Waals surface area contributed by atoms with Crippen molar-refractivity contribution >= 4 is 11.6 Å². The van der Waals surface area contributed by atoms with Crippen molar-refractivity contribution in [3.63, 3.8) is 0 Å². The van der Waals surface area contributed by atoms with Gasteiger partial charge in [-0.2, -0.15) is 0 Å². The number of likely N-dealkylation sites (N-methyl/N-ethyl adjacent to an activating group) is 1.